The quantitative estimate of drug-likeness (QED) is 0.279. The summed E-state index contributed by atoms with van der Waals surface area (Å²) in [5, 5.41) is 12.3. The molecule has 3 aromatic rings. The van der Waals surface area contributed by atoms with Crippen molar-refractivity contribution in [3.05, 3.63) is 84.2 Å². The van der Waals surface area contributed by atoms with Gasteiger partial charge in [-0.15, -0.1) is 0 Å². The van der Waals surface area contributed by atoms with Crippen molar-refractivity contribution < 1.29 is 31.8 Å². The fourth-order valence-corrected chi connectivity index (χ4v) is 2.68. The Balaban J connectivity index is 0.000000456. The predicted octanol–water partition coefficient (Wildman–Crippen LogP) is 5.71. The summed E-state index contributed by atoms with van der Waals surface area (Å²) in [6.45, 7) is 1.20. The third-order valence-corrected chi connectivity index (χ3v) is 4.42. The van der Waals surface area contributed by atoms with Crippen molar-refractivity contribution in [2.24, 2.45) is 0 Å². The average molecular weight is 491 g/mol. The predicted molar refractivity (Wildman–Crippen MR) is 126 cm³/mol. The zero-order valence-electron chi connectivity index (χ0n) is 19.0. The first-order valence-corrected chi connectivity index (χ1v) is 10.4. The summed E-state index contributed by atoms with van der Waals surface area (Å²) in [7, 11) is 1.66. The number of carbonyl (C=O) groups excluding carboxylic acids is 1. The van der Waals surface area contributed by atoms with E-state index < -0.39 is 18.1 Å². The number of anilines is 2. The number of rotatable bonds is 8. The van der Waals surface area contributed by atoms with Crippen molar-refractivity contribution >= 4 is 23.5 Å². The Morgan fingerprint density at radius 2 is 1.69 bits per heavy atom. The maximum atomic E-state index is 12.9. The lowest BCUT2D eigenvalue weighted by atomic mass is 10.1. The van der Waals surface area contributed by atoms with Crippen LogP contribution in [0, 0.1) is 11.2 Å². The summed E-state index contributed by atoms with van der Waals surface area (Å²) in [4.78, 5) is 10.9. The Bertz CT molecular complexity index is 1090. The van der Waals surface area contributed by atoms with Crippen molar-refractivity contribution in [1.29, 1.82) is 5.41 Å². The number of carbonyl (C=O) groups is 1. The number of amides is 1. The first-order valence-electron chi connectivity index (χ1n) is 10.4. The summed E-state index contributed by atoms with van der Waals surface area (Å²) in [6.07, 6.45) is -3.87. The number of halogens is 4. The SMILES string of the molecule is COc1ccccc1.C[C@@H](COc1ccc(Nc2ccc(F)cc2)c(C=N)c1)NC(=O)C(F)(F)F. The molecule has 6 nitrogen and oxygen atoms in total. The Morgan fingerprint density at radius 3 is 2.23 bits per heavy atom. The topological polar surface area (TPSA) is 83.4 Å². The summed E-state index contributed by atoms with van der Waals surface area (Å²) in [5.74, 6) is -1.17. The minimum atomic E-state index is -4.95. The van der Waals surface area contributed by atoms with Gasteiger partial charge in [0.2, 0.25) is 0 Å². The van der Waals surface area contributed by atoms with Crippen LogP contribution in [0.2, 0.25) is 0 Å². The molecule has 1 atom stereocenters. The van der Waals surface area contributed by atoms with Crippen LogP contribution in [0.5, 0.6) is 11.5 Å². The fourth-order valence-electron chi connectivity index (χ4n) is 2.68. The number of benzene rings is 3. The van der Waals surface area contributed by atoms with Crippen LogP contribution in [0.25, 0.3) is 0 Å². The molecule has 0 saturated carbocycles. The van der Waals surface area contributed by atoms with Crippen molar-refractivity contribution in [3.63, 3.8) is 0 Å². The highest BCUT2D eigenvalue weighted by molar-refractivity contribution is 5.88. The monoisotopic (exact) mass is 491 g/mol. The van der Waals surface area contributed by atoms with E-state index in [0.717, 1.165) is 12.0 Å². The molecule has 1 amide bonds. The van der Waals surface area contributed by atoms with Crippen LogP contribution in [0.3, 0.4) is 0 Å². The Kier molecular flexibility index (Phi) is 10.1. The van der Waals surface area contributed by atoms with Gasteiger partial charge in [-0.2, -0.15) is 13.2 Å². The lowest BCUT2D eigenvalue weighted by molar-refractivity contribution is -0.174. The number of para-hydroxylation sites is 1. The molecule has 0 radical (unpaired) electrons. The van der Waals surface area contributed by atoms with Gasteiger partial charge in [-0.1, -0.05) is 18.2 Å². The number of methoxy groups -OCH3 is 1. The zero-order chi connectivity index (χ0) is 25.8. The molecule has 35 heavy (non-hydrogen) atoms. The first-order chi connectivity index (χ1) is 16.6. The lowest BCUT2D eigenvalue weighted by Crippen LogP contribution is -2.44. The van der Waals surface area contributed by atoms with E-state index in [9.17, 15) is 22.4 Å². The molecule has 0 spiro atoms. The molecule has 3 aromatic carbocycles. The number of hydrogen-bond donors (Lipinski definition) is 3. The van der Waals surface area contributed by atoms with Gasteiger partial charge in [-0.3, -0.25) is 4.79 Å². The van der Waals surface area contributed by atoms with E-state index in [4.69, 9.17) is 14.9 Å². The van der Waals surface area contributed by atoms with Crippen LogP contribution in [0.4, 0.5) is 28.9 Å². The minimum absolute atomic E-state index is 0.177. The molecule has 0 heterocycles. The first kappa shape index (κ1) is 27.2. The molecule has 0 aromatic heterocycles. The lowest BCUT2D eigenvalue weighted by Gasteiger charge is -2.17. The van der Waals surface area contributed by atoms with Crippen LogP contribution in [-0.2, 0) is 4.79 Å². The largest absolute Gasteiger partial charge is 0.497 e. The highest BCUT2D eigenvalue weighted by Crippen LogP contribution is 2.25. The van der Waals surface area contributed by atoms with Gasteiger partial charge in [0.1, 0.15) is 23.9 Å². The molecule has 3 N–H and O–H groups in total. The summed E-state index contributed by atoms with van der Waals surface area (Å²) >= 11 is 0. The highest BCUT2D eigenvalue weighted by atomic mass is 19.4. The van der Waals surface area contributed by atoms with Crippen molar-refractivity contribution in [2.75, 3.05) is 19.0 Å². The third kappa shape index (κ3) is 9.36. The standard InChI is InChI=1S/C18H17F4N3O2.C7H8O/c1-11(24-17(26)18(20,21)22)10-27-15-6-7-16(12(8-15)9-23)25-14-4-2-13(19)3-5-14;1-8-7-5-3-2-4-6-7/h2-9,11,23,25H,10H2,1H3,(H,24,26);2-6H,1H3/t11-;/m0./s1. The normalized spacial score (nSPS) is 11.4. The molecule has 0 aliphatic carbocycles. The van der Waals surface area contributed by atoms with Crippen LogP contribution < -0.4 is 20.1 Å². The van der Waals surface area contributed by atoms with Crippen molar-refractivity contribution in [1.82, 2.24) is 5.32 Å². The zero-order valence-corrected chi connectivity index (χ0v) is 19.0. The van der Waals surface area contributed by atoms with Crippen molar-refractivity contribution in [2.45, 2.75) is 19.1 Å². The van der Waals surface area contributed by atoms with E-state index in [0.29, 0.717) is 22.7 Å². The Labute approximate surface area is 200 Å². The summed E-state index contributed by atoms with van der Waals surface area (Å²) in [6, 6.07) is 19.2. The van der Waals surface area contributed by atoms with E-state index >= 15 is 0 Å². The fraction of sp³-hybridized carbons (Fsp3) is 0.200. The highest BCUT2D eigenvalue weighted by Gasteiger charge is 2.39. The third-order valence-electron chi connectivity index (χ3n) is 4.42. The number of hydrogen-bond acceptors (Lipinski definition) is 5. The molecule has 0 aliphatic heterocycles. The van der Waals surface area contributed by atoms with Gasteiger partial charge in [0.25, 0.3) is 0 Å². The molecule has 0 unspecified atom stereocenters. The van der Waals surface area contributed by atoms with E-state index in [1.54, 1.807) is 36.7 Å². The molecule has 186 valence electrons. The number of ether oxygens (including phenoxy) is 2. The molecule has 10 heteroatoms. The van der Waals surface area contributed by atoms with E-state index in [1.165, 1.54) is 25.1 Å². The van der Waals surface area contributed by atoms with Crippen LogP contribution in [-0.4, -0.2) is 38.1 Å². The molecule has 0 bridgehead atoms. The van der Waals surface area contributed by atoms with Gasteiger partial charge >= 0.3 is 12.1 Å². The van der Waals surface area contributed by atoms with Crippen LogP contribution >= 0.6 is 0 Å². The van der Waals surface area contributed by atoms with Crippen LogP contribution in [0.1, 0.15) is 12.5 Å². The molecule has 0 fully saturated rings. The van der Waals surface area contributed by atoms with Gasteiger partial charge < -0.3 is 25.5 Å². The summed E-state index contributed by atoms with van der Waals surface area (Å²) < 4.78 is 59.9. The molecular weight excluding hydrogens is 466 g/mol. The second-order valence-corrected chi connectivity index (χ2v) is 7.23. The molecule has 0 aliphatic rings. The van der Waals surface area contributed by atoms with Gasteiger partial charge in [-0.05, 0) is 61.5 Å². The second-order valence-electron chi connectivity index (χ2n) is 7.23. The molecule has 0 saturated heterocycles. The van der Waals surface area contributed by atoms with E-state index in [1.807, 2.05) is 30.3 Å². The van der Waals surface area contributed by atoms with E-state index in [-0.39, 0.29) is 12.4 Å². The number of nitrogens with one attached hydrogen (secondary N) is 3. The summed E-state index contributed by atoms with van der Waals surface area (Å²) in [5.41, 5.74) is 1.66. The Morgan fingerprint density at radius 1 is 1.03 bits per heavy atom. The number of alkyl halides is 3. The Hall–Kier alpha value is -4.08. The smallest absolute Gasteiger partial charge is 0.471 e. The maximum absolute atomic E-state index is 12.9. The molecule has 3 rings (SSSR count). The average Bonchev–Trinajstić information content (AvgIpc) is 2.85. The second kappa shape index (κ2) is 13.0. The van der Waals surface area contributed by atoms with Gasteiger partial charge in [0.15, 0.2) is 0 Å². The van der Waals surface area contributed by atoms with Crippen LogP contribution in [0.15, 0.2) is 72.8 Å². The van der Waals surface area contributed by atoms with Gasteiger partial charge in [0.05, 0.1) is 13.2 Å². The minimum Gasteiger partial charge on any atom is -0.497 e. The van der Waals surface area contributed by atoms with Crippen molar-refractivity contribution in [3.8, 4) is 11.5 Å². The van der Waals surface area contributed by atoms with Gasteiger partial charge in [0, 0.05) is 23.2 Å². The van der Waals surface area contributed by atoms with E-state index in [2.05, 4.69) is 5.32 Å². The van der Waals surface area contributed by atoms with Gasteiger partial charge in [-0.25, -0.2) is 4.39 Å². The molecular formula is C25H25F4N3O3. The maximum Gasteiger partial charge on any atom is 0.471 e.